The zero-order chi connectivity index (χ0) is 14.9. The van der Waals surface area contributed by atoms with E-state index >= 15 is 0 Å². The summed E-state index contributed by atoms with van der Waals surface area (Å²) in [6.07, 6.45) is 1.33. The topological polar surface area (TPSA) is 84.3 Å². The van der Waals surface area contributed by atoms with Crippen LogP contribution in [0.3, 0.4) is 0 Å². The number of likely N-dealkylation sites (tertiary alicyclic amines) is 2. The van der Waals surface area contributed by atoms with Crippen molar-refractivity contribution in [2.45, 2.75) is 37.5 Å². The number of hydrogen-bond donors (Lipinski definition) is 2. The summed E-state index contributed by atoms with van der Waals surface area (Å²) in [5.41, 5.74) is 0. The van der Waals surface area contributed by atoms with Gasteiger partial charge >= 0.3 is 12.0 Å². The van der Waals surface area contributed by atoms with Crippen LogP contribution in [0.15, 0.2) is 0 Å². The number of aliphatic carboxylic acids is 1. The number of aliphatic hydroxyl groups excluding tert-OH is 1. The summed E-state index contributed by atoms with van der Waals surface area (Å²) in [6, 6.07) is -1.11. The van der Waals surface area contributed by atoms with Gasteiger partial charge < -0.3 is 24.9 Å². The molecule has 0 aromatic heterocycles. The number of amides is 2. The number of nitrogens with zero attached hydrogens (tertiary/aromatic N) is 3. The van der Waals surface area contributed by atoms with Gasteiger partial charge in [-0.1, -0.05) is 0 Å². The van der Waals surface area contributed by atoms with Crippen LogP contribution in [0.5, 0.6) is 0 Å². The molecule has 2 aliphatic rings. The molecule has 0 aromatic rings. The first-order valence-electron chi connectivity index (χ1n) is 7.03. The fourth-order valence-electron chi connectivity index (χ4n) is 3.07. The minimum Gasteiger partial charge on any atom is -0.480 e. The maximum atomic E-state index is 12.5. The van der Waals surface area contributed by atoms with E-state index in [0.29, 0.717) is 0 Å². The quantitative estimate of drug-likeness (QED) is 0.724. The van der Waals surface area contributed by atoms with Gasteiger partial charge in [-0.3, -0.25) is 0 Å². The monoisotopic (exact) mass is 285 g/mol. The van der Waals surface area contributed by atoms with Crippen molar-refractivity contribution in [2.24, 2.45) is 0 Å². The Hall–Kier alpha value is -1.34. The van der Waals surface area contributed by atoms with Gasteiger partial charge in [-0.2, -0.15) is 0 Å². The molecule has 0 bridgehead atoms. The van der Waals surface area contributed by atoms with Crippen molar-refractivity contribution >= 4 is 12.0 Å². The summed E-state index contributed by atoms with van der Waals surface area (Å²) in [6.45, 7) is 1.93. The van der Waals surface area contributed by atoms with E-state index in [-0.39, 0.29) is 25.0 Å². The smallest absolute Gasteiger partial charge is 0.326 e. The minimum atomic E-state index is -1.05. The molecule has 1 unspecified atom stereocenters. The van der Waals surface area contributed by atoms with Crippen molar-refractivity contribution in [1.82, 2.24) is 14.7 Å². The second kappa shape index (κ2) is 5.97. The number of likely N-dealkylation sites (N-methyl/N-ethyl adjacent to an activating group) is 2. The molecule has 2 amide bonds. The molecule has 2 saturated heterocycles. The Morgan fingerprint density at radius 2 is 2.00 bits per heavy atom. The Labute approximate surface area is 118 Å². The average molecular weight is 285 g/mol. The van der Waals surface area contributed by atoms with E-state index in [2.05, 4.69) is 4.90 Å². The average Bonchev–Trinajstić information content (AvgIpc) is 2.79. The summed E-state index contributed by atoms with van der Waals surface area (Å²) in [5, 5.41) is 18.8. The van der Waals surface area contributed by atoms with Gasteiger partial charge in [0.15, 0.2) is 0 Å². The minimum absolute atomic E-state index is 0.0999. The normalized spacial score (nSPS) is 31.4. The molecular weight excluding hydrogens is 262 g/mol. The van der Waals surface area contributed by atoms with Crippen LogP contribution in [0, 0.1) is 0 Å². The van der Waals surface area contributed by atoms with Crippen molar-refractivity contribution < 1.29 is 19.8 Å². The van der Waals surface area contributed by atoms with Crippen LogP contribution in [-0.2, 0) is 4.79 Å². The van der Waals surface area contributed by atoms with E-state index < -0.39 is 18.1 Å². The third kappa shape index (κ3) is 3.04. The van der Waals surface area contributed by atoms with Crippen LogP contribution in [0.2, 0.25) is 0 Å². The highest BCUT2D eigenvalue weighted by Crippen LogP contribution is 2.22. The molecule has 3 atom stereocenters. The second-order valence-electron chi connectivity index (χ2n) is 5.85. The van der Waals surface area contributed by atoms with E-state index in [0.717, 1.165) is 25.9 Å². The lowest BCUT2D eigenvalue weighted by atomic mass is 10.1. The van der Waals surface area contributed by atoms with Crippen molar-refractivity contribution in [1.29, 1.82) is 0 Å². The van der Waals surface area contributed by atoms with Gasteiger partial charge in [0.05, 0.1) is 6.10 Å². The first-order chi connectivity index (χ1) is 9.40. The first kappa shape index (κ1) is 15.1. The molecule has 0 aliphatic carbocycles. The van der Waals surface area contributed by atoms with Gasteiger partial charge in [-0.25, -0.2) is 9.59 Å². The molecule has 0 aromatic carbocycles. The highest BCUT2D eigenvalue weighted by atomic mass is 16.4. The van der Waals surface area contributed by atoms with Gasteiger partial charge in [0, 0.05) is 32.6 Å². The van der Waals surface area contributed by atoms with E-state index in [1.165, 1.54) is 4.90 Å². The van der Waals surface area contributed by atoms with Crippen molar-refractivity contribution in [2.75, 3.05) is 33.7 Å². The van der Waals surface area contributed by atoms with Gasteiger partial charge in [0.25, 0.3) is 0 Å². The van der Waals surface area contributed by atoms with Gasteiger partial charge in [-0.05, 0) is 26.4 Å². The number of carbonyl (C=O) groups is 2. The van der Waals surface area contributed by atoms with E-state index in [1.54, 1.807) is 11.9 Å². The third-order valence-electron chi connectivity index (χ3n) is 4.26. The molecule has 2 rings (SSSR count). The molecule has 0 spiro atoms. The zero-order valence-corrected chi connectivity index (χ0v) is 12.0. The molecule has 7 heteroatoms. The van der Waals surface area contributed by atoms with Crippen molar-refractivity contribution in [3.63, 3.8) is 0 Å². The van der Waals surface area contributed by atoms with Gasteiger partial charge in [0.1, 0.15) is 6.04 Å². The molecule has 2 fully saturated rings. The van der Waals surface area contributed by atoms with Crippen molar-refractivity contribution in [3.05, 3.63) is 0 Å². The Balaban J connectivity index is 2.03. The van der Waals surface area contributed by atoms with Crippen LogP contribution >= 0.6 is 0 Å². The zero-order valence-electron chi connectivity index (χ0n) is 12.0. The first-order valence-corrected chi connectivity index (χ1v) is 7.03. The molecule has 0 saturated carbocycles. The van der Waals surface area contributed by atoms with Gasteiger partial charge in [0.2, 0.25) is 0 Å². The van der Waals surface area contributed by atoms with Crippen LogP contribution in [0.4, 0.5) is 4.79 Å². The van der Waals surface area contributed by atoms with E-state index in [1.807, 2.05) is 7.05 Å². The highest BCUT2D eigenvalue weighted by Gasteiger charge is 2.41. The molecular formula is C13H23N3O4. The molecule has 20 heavy (non-hydrogen) atoms. The molecule has 2 N–H and O–H groups in total. The highest BCUT2D eigenvalue weighted by molar-refractivity contribution is 5.83. The maximum Gasteiger partial charge on any atom is 0.326 e. The largest absolute Gasteiger partial charge is 0.480 e. The molecule has 114 valence electrons. The molecule has 2 heterocycles. The Bertz CT molecular complexity index is 390. The lowest BCUT2D eigenvalue weighted by Gasteiger charge is -2.38. The van der Waals surface area contributed by atoms with Gasteiger partial charge in [-0.15, -0.1) is 0 Å². The summed E-state index contributed by atoms with van der Waals surface area (Å²) >= 11 is 0. The fraction of sp³-hybridized carbons (Fsp3) is 0.846. The molecule has 0 radical (unpaired) electrons. The number of carboxylic acid groups (broad SMARTS) is 1. The maximum absolute atomic E-state index is 12.5. The lowest BCUT2D eigenvalue weighted by molar-refractivity contribution is -0.141. The number of carbonyl (C=O) groups excluding carboxylic acids is 1. The number of carboxylic acids is 1. The van der Waals surface area contributed by atoms with E-state index in [4.69, 9.17) is 5.11 Å². The summed E-state index contributed by atoms with van der Waals surface area (Å²) in [7, 11) is 3.74. The SMILES string of the molecule is CN1CCCC(N(C)C(=O)N2C[C@H](O)C[C@@H]2C(=O)O)C1. The van der Waals surface area contributed by atoms with E-state index in [9.17, 15) is 14.7 Å². The van der Waals surface area contributed by atoms with Crippen LogP contribution in [-0.4, -0.2) is 88.8 Å². The van der Waals surface area contributed by atoms with Crippen LogP contribution < -0.4 is 0 Å². The fourth-order valence-corrected chi connectivity index (χ4v) is 3.07. The summed E-state index contributed by atoms with van der Waals surface area (Å²) < 4.78 is 0. The Kier molecular flexibility index (Phi) is 4.49. The Morgan fingerprint density at radius 3 is 2.60 bits per heavy atom. The van der Waals surface area contributed by atoms with Crippen molar-refractivity contribution in [3.8, 4) is 0 Å². The Morgan fingerprint density at radius 1 is 1.30 bits per heavy atom. The number of urea groups is 1. The van der Waals surface area contributed by atoms with Crippen LogP contribution in [0.1, 0.15) is 19.3 Å². The second-order valence-corrected chi connectivity index (χ2v) is 5.85. The number of aliphatic hydroxyl groups is 1. The van der Waals surface area contributed by atoms with Crippen LogP contribution in [0.25, 0.3) is 0 Å². The summed E-state index contributed by atoms with van der Waals surface area (Å²) in [4.78, 5) is 28.7. The number of hydrogen-bond acceptors (Lipinski definition) is 4. The lowest BCUT2D eigenvalue weighted by Crippen LogP contribution is -2.53. The predicted octanol–water partition coefficient (Wildman–Crippen LogP) is -0.348. The molecule has 7 nitrogen and oxygen atoms in total. The standard InChI is InChI=1S/C13H23N3O4/c1-14-5-3-4-9(7-14)15(2)13(20)16-8-10(17)6-11(16)12(18)19/h9-11,17H,3-8H2,1-2H3,(H,18,19)/t9?,10-,11-/m1/s1. The third-order valence-corrected chi connectivity index (χ3v) is 4.26. The molecule has 2 aliphatic heterocycles. The number of piperidine rings is 1. The number of rotatable bonds is 2. The number of β-amino-alcohol motifs (C(OH)–C–C–N with tert-alkyl or cyclic N) is 1. The predicted molar refractivity (Wildman–Crippen MR) is 72.4 cm³/mol. The summed E-state index contributed by atoms with van der Waals surface area (Å²) in [5.74, 6) is -1.05.